The summed E-state index contributed by atoms with van der Waals surface area (Å²) in [6, 6.07) is 9.39. The van der Waals surface area contributed by atoms with Gasteiger partial charge < -0.3 is 10.1 Å². The number of hydrogen-bond donors (Lipinski definition) is 1. The van der Waals surface area contributed by atoms with Crippen molar-refractivity contribution in [2.24, 2.45) is 0 Å². The summed E-state index contributed by atoms with van der Waals surface area (Å²) in [7, 11) is -4.75. The van der Waals surface area contributed by atoms with Crippen LogP contribution in [-0.2, 0) is 19.4 Å². The van der Waals surface area contributed by atoms with Crippen molar-refractivity contribution >= 4 is 27.4 Å². The van der Waals surface area contributed by atoms with Crippen molar-refractivity contribution in [3.8, 4) is 0 Å². The van der Waals surface area contributed by atoms with Crippen LogP contribution in [0.3, 0.4) is 0 Å². The van der Waals surface area contributed by atoms with E-state index < -0.39 is 38.5 Å². The van der Waals surface area contributed by atoms with E-state index in [1.54, 1.807) is 6.07 Å². The molecule has 0 saturated carbocycles. The lowest BCUT2D eigenvalue weighted by Crippen LogP contribution is -2.30. The molecular formula is C19H19F2NO5S. The zero-order valence-corrected chi connectivity index (χ0v) is 16.2. The van der Waals surface area contributed by atoms with E-state index >= 15 is 0 Å². The van der Waals surface area contributed by atoms with Gasteiger partial charge in [0.25, 0.3) is 5.91 Å². The number of alkyl halides is 2. The molecule has 2 aromatic carbocycles. The van der Waals surface area contributed by atoms with Crippen LogP contribution < -0.4 is 5.32 Å². The van der Waals surface area contributed by atoms with Crippen LogP contribution >= 0.6 is 0 Å². The SMILES string of the molecule is Cc1ccc(C)c(NC(=O)C(C)OC(=O)c2ccc(S(=O)(=O)C(F)F)cc2)c1. The fourth-order valence-electron chi connectivity index (χ4n) is 2.27. The van der Waals surface area contributed by atoms with Crippen LogP contribution in [-0.4, -0.2) is 32.2 Å². The Morgan fingerprint density at radius 3 is 2.21 bits per heavy atom. The first-order valence-electron chi connectivity index (χ1n) is 8.23. The lowest BCUT2D eigenvalue weighted by molar-refractivity contribution is -0.123. The topological polar surface area (TPSA) is 89.5 Å². The maximum absolute atomic E-state index is 12.5. The summed E-state index contributed by atoms with van der Waals surface area (Å²) >= 11 is 0. The lowest BCUT2D eigenvalue weighted by atomic mass is 10.1. The van der Waals surface area contributed by atoms with Gasteiger partial charge in [0.15, 0.2) is 6.10 Å². The first kappa shape index (κ1) is 21.5. The fraction of sp³-hybridized carbons (Fsp3) is 0.263. The number of rotatable bonds is 6. The highest BCUT2D eigenvalue weighted by Crippen LogP contribution is 2.20. The van der Waals surface area contributed by atoms with E-state index in [0.29, 0.717) is 5.69 Å². The van der Waals surface area contributed by atoms with Crippen molar-refractivity contribution in [1.29, 1.82) is 0 Å². The predicted molar refractivity (Wildman–Crippen MR) is 99.1 cm³/mol. The van der Waals surface area contributed by atoms with E-state index in [1.165, 1.54) is 6.92 Å². The van der Waals surface area contributed by atoms with Gasteiger partial charge in [-0.05, 0) is 62.2 Å². The minimum atomic E-state index is -4.75. The van der Waals surface area contributed by atoms with Crippen molar-refractivity contribution in [3.63, 3.8) is 0 Å². The second kappa shape index (κ2) is 8.47. The molecule has 2 rings (SSSR count). The van der Waals surface area contributed by atoms with Crippen LogP contribution in [0.4, 0.5) is 14.5 Å². The van der Waals surface area contributed by atoms with Crippen LogP contribution in [0.5, 0.6) is 0 Å². The third kappa shape index (κ3) is 4.92. The number of halogens is 2. The smallest absolute Gasteiger partial charge is 0.341 e. The van der Waals surface area contributed by atoms with Crippen molar-refractivity contribution in [2.75, 3.05) is 5.32 Å². The molecule has 0 aliphatic heterocycles. The van der Waals surface area contributed by atoms with Gasteiger partial charge in [-0.3, -0.25) is 4.79 Å². The lowest BCUT2D eigenvalue weighted by Gasteiger charge is -2.15. The molecule has 0 spiro atoms. The number of aryl methyl sites for hydroxylation is 2. The van der Waals surface area contributed by atoms with Gasteiger partial charge in [0.1, 0.15) is 0 Å². The summed E-state index contributed by atoms with van der Waals surface area (Å²) < 4.78 is 52.9. The van der Waals surface area contributed by atoms with Gasteiger partial charge in [-0.2, -0.15) is 8.78 Å². The van der Waals surface area contributed by atoms with E-state index in [4.69, 9.17) is 4.74 Å². The Morgan fingerprint density at radius 2 is 1.64 bits per heavy atom. The largest absolute Gasteiger partial charge is 0.449 e. The van der Waals surface area contributed by atoms with Gasteiger partial charge in [-0.15, -0.1) is 0 Å². The van der Waals surface area contributed by atoms with Gasteiger partial charge in [0.05, 0.1) is 10.5 Å². The number of esters is 1. The first-order valence-corrected chi connectivity index (χ1v) is 9.78. The highest BCUT2D eigenvalue weighted by Gasteiger charge is 2.27. The second-order valence-electron chi connectivity index (χ2n) is 6.19. The molecule has 1 amide bonds. The Balaban J connectivity index is 2.05. The zero-order chi connectivity index (χ0) is 21.1. The van der Waals surface area contributed by atoms with Crippen LogP contribution in [0.15, 0.2) is 47.4 Å². The molecule has 0 radical (unpaired) electrons. The normalized spacial score (nSPS) is 12.5. The minimum Gasteiger partial charge on any atom is -0.449 e. The second-order valence-corrected chi connectivity index (χ2v) is 8.10. The molecule has 0 bridgehead atoms. The van der Waals surface area contributed by atoms with Crippen molar-refractivity contribution in [3.05, 3.63) is 59.2 Å². The average Bonchev–Trinajstić information content (AvgIpc) is 2.64. The van der Waals surface area contributed by atoms with Gasteiger partial charge in [0.2, 0.25) is 9.84 Å². The molecule has 0 saturated heterocycles. The number of ether oxygens (including phenoxy) is 1. The van der Waals surface area contributed by atoms with Crippen LogP contribution in [0, 0.1) is 13.8 Å². The molecule has 0 aliphatic rings. The summed E-state index contributed by atoms with van der Waals surface area (Å²) in [5, 5.41) is 2.67. The van der Waals surface area contributed by atoms with Crippen LogP contribution in [0.2, 0.25) is 0 Å². The molecule has 2 aromatic rings. The highest BCUT2D eigenvalue weighted by molar-refractivity contribution is 7.91. The predicted octanol–water partition coefficient (Wildman–Crippen LogP) is 3.48. The third-order valence-electron chi connectivity index (χ3n) is 3.96. The Kier molecular flexibility index (Phi) is 6.50. The van der Waals surface area contributed by atoms with Crippen LogP contribution in [0.1, 0.15) is 28.4 Å². The van der Waals surface area contributed by atoms with E-state index in [9.17, 15) is 26.8 Å². The maximum Gasteiger partial charge on any atom is 0.341 e. The summed E-state index contributed by atoms with van der Waals surface area (Å²) in [6.45, 7) is 5.07. The summed E-state index contributed by atoms with van der Waals surface area (Å²) in [5.41, 5.74) is 2.31. The Hall–Kier alpha value is -2.81. The molecule has 0 heterocycles. The molecule has 0 aliphatic carbocycles. The van der Waals surface area contributed by atoms with Gasteiger partial charge >= 0.3 is 11.7 Å². The quantitative estimate of drug-likeness (QED) is 0.735. The average molecular weight is 411 g/mol. The number of amides is 1. The Bertz CT molecular complexity index is 988. The maximum atomic E-state index is 12.5. The number of carbonyl (C=O) groups is 2. The number of nitrogens with one attached hydrogen (secondary N) is 1. The Labute approximate surface area is 161 Å². The number of benzene rings is 2. The molecule has 0 aromatic heterocycles. The molecule has 1 N–H and O–H groups in total. The molecule has 9 heteroatoms. The van der Waals surface area contributed by atoms with E-state index in [0.717, 1.165) is 35.4 Å². The number of sulfone groups is 1. The van der Waals surface area contributed by atoms with Crippen LogP contribution in [0.25, 0.3) is 0 Å². The standard InChI is InChI=1S/C19H19F2NO5S/c1-11-4-5-12(2)16(10-11)22-17(23)13(3)27-18(24)14-6-8-15(9-7-14)28(25,26)19(20)21/h4-10,13,19H,1-3H3,(H,22,23). The third-order valence-corrected chi connectivity index (χ3v) is 5.36. The van der Waals surface area contributed by atoms with E-state index in [1.807, 2.05) is 26.0 Å². The van der Waals surface area contributed by atoms with Gasteiger partial charge in [-0.1, -0.05) is 12.1 Å². The zero-order valence-electron chi connectivity index (χ0n) is 15.4. The molecule has 28 heavy (non-hydrogen) atoms. The van der Waals surface area contributed by atoms with Crippen molar-refractivity contribution < 1.29 is 31.5 Å². The summed E-state index contributed by atoms with van der Waals surface area (Å²) in [5.74, 6) is -4.98. The first-order chi connectivity index (χ1) is 13.0. The van der Waals surface area contributed by atoms with Gasteiger partial charge in [-0.25, -0.2) is 13.2 Å². The van der Waals surface area contributed by atoms with Crippen molar-refractivity contribution in [2.45, 2.75) is 37.5 Å². The molecule has 6 nitrogen and oxygen atoms in total. The molecule has 0 fully saturated rings. The highest BCUT2D eigenvalue weighted by atomic mass is 32.2. The van der Waals surface area contributed by atoms with E-state index in [2.05, 4.69) is 5.32 Å². The monoisotopic (exact) mass is 411 g/mol. The van der Waals surface area contributed by atoms with Gasteiger partial charge in [0, 0.05) is 5.69 Å². The summed E-state index contributed by atoms with van der Waals surface area (Å²) in [6.07, 6.45) is -1.13. The van der Waals surface area contributed by atoms with Crippen molar-refractivity contribution in [1.82, 2.24) is 0 Å². The molecule has 1 atom stereocenters. The van der Waals surface area contributed by atoms with E-state index in [-0.39, 0.29) is 5.56 Å². The minimum absolute atomic E-state index is 0.0698. The molecular weight excluding hydrogens is 392 g/mol. The number of anilines is 1. The molecule has 150 valence electrons. The molecule has 1 unspecified atom stereocenters. The summed E-state index contributed by atoms with van der Waals surface area (Å²) in [4.78, 5) is 23.8. The number of carbonyl (C=O) groups excluding carboxylic acids is 2. The number of hydrogen-bond acceptors (Lipinski definition) is 5. The Morgan fingerprint density at radius 1 is 1.04 bits per heavy atom. The fourth-order valence-corrected chi connectivity index (χ4v) is 2.99.